The Hall–Kier alpha value is -2.05. The highest BCUT2D eigenvalue weighted by atomic mass is 35.5. The summed E-state index contributed by atoms with van der Waals surface area (Å²) in [4.78, 5) is 24.3. The second-order valence-corrected chi connectivity index (χ2v) is 6.21. The fourth-order valence-corrected chi connectivity index (χ4v) is 3.72. The number of benzene rings is 2. The molecule has 1 amide bonds. The Morgan fingerprint density at radius 2 is 1.95 bits per heavy atom. The maximum atomic E-state index is 12.2. The van der Waals surface area contributed by atoms with Crippen LogP contribution < -0.4 is 4.90 Å². The van der Waals surface area contributed by atoms with Gasteiger partial charge in [-0.05, 0) is 17.7 Å². The van der Waals surface area contributed by atoms with Crippen molar-refractivity contribution in [2.45, 2.75) is 5.37 Å². The second-order valence-electron chi connectivity index (χ2n) is 4.73. The van der Waals surface area contributed by atoms with E-state index < -0.39 is 4.92 Å². The first kappa shape index (κ1) is 14.9. The minimum Gasteiger partial charge on any atom is -0.295 e. The maximum absolute atomic E-state index is 12.2. The van der Waals surface area contributed by atoms with Gasteiger partial charge < -0.3 is 0 Å². The van der Waals surface area contributed by atoms with Crippen molar-refractivity contribution in [3.63, 3.8) is 0 Å². The lowest BCUT2D eigenvalue weighted by Gasteiger charge is -2.24. The van der Waals surface area contributed by atoms with Crippen LogP contribution in [0.1, 0.15) is 10.9 Å². The Labute approximate surface area is 136 Å². The lowest BCUT2D eigenvalue weighted by molar-refractivity contribution is -0.384. The zero-order chi connectivity index (χ0) is 15.7. The van der Waals surface area contributed by atoms with E-state index in [0.717, 1.165) is 5.56 Å². The monoisotopic (exact) mass is 334 g/mol. The van der Waals surface area contributed by atoms with Gasteiger partial charge in [-0.1, -0.05) is 41.9 Å². The highest BCUT2D eigenvalue weighted by Gasteiger charge is 2.34. The molecule has 1 fully saturated rings. The molecule has 1 atom stereocenters. The zero-order valence-electron chi connectivity index (χ0n) is 11.3. The summed E-state index contributed by atoms with van der Waals surface area (Å²) in [6.07, 6.45) is 0. The van der Waals surface area contributed by atoms with E-state index in [9.17, 15) is 14.9 Å². The number of hydrogen-bond donors (Lipinski definition) is 0. The molecule has 1 aliphatic heterocycles. The standard InChI is InChI=1S/C15H11ClN2O3S/c16-12-7-6-11(8-13(12)18(20)21)17-14(19)9-22-15(17)10-4-2-1-3-5-10/h1-8,15H,9H2/t15-/m0/s1. The molecule has 112 valence electrons. The SMILES string of the molecule is O=C1CS[C@@H](c2ccccc2)N1c1ccc(Cl)c([N+](=O)[O-])c1. The first-order valence-corrected chi connectivity index (χ1v) is 7.93. The number of nitro groups is 1. The van der Waals surface area contributed by atoms with Crippen LogP contribution in [0.15, 0.2) is 48.5 Å². The summed E-state index contributed by atoms with van der Waals surface area (Å²) in [5.74, 6) is 0.270. The number of rotatable bonds is 3. The number of halogens is 1. The average Bonchev–Trinajstić information content (AvgIpc) is 2.90. The number of amides is 1. The van der Waals surface area contributed by atoms with Crippen LogP contribution in [-0.4, -0.2) is 16.6 Å². The topological polar surface area (TPSA) is 63.5 Å². The third-order valence-electron chi connectivity index (χ3n) is 3.36. The Morgan fingerprint density at radius 3 is 2.64 bits per heavy atom. The largest absolute Gasteiger partial charge is 0.295 e. The molecule has 1 saturated heterocycles. The van der Waals surface area contributed by atoms with Crippen LogP contribution >= 0.6 is 23.4 Å². The van der Waals surface area contributed by atoms with E-state index in [4.69, 9.17) is 11.6 Å². The van der Waals surface area contributed by atoms with Gasteiger partial charge in [0.2, 0.25) is 5.91 Å². The summed E-state index contributed by atoms with van der Waals surface area (Å²) in [5, 5.41) is 10.9. The summed E-state index contributed by atoms with van der Waals surface area (Å²) in [5.41, 5.74) is 1.27. The van der Waals surface area contributed by atoms with E-state index in [-0.39, 0.29) is 22.0 Å². The molecular weight excluding hydrogens is 324 g/mol. The van der Waals surface area contributed by atoms with Crippen molar-refractivity contribution in [3.05, 3.63) is 69.2 Å². The number of carbonyl (C=O) groups excluding carboxylic acids is 1. The number of nitro benzene ring substituents is 1. The van der Waals surface area contributed by atoms with Crippen molar-refractivity contribution in [1.29, 1.82) is 0 Å². The van der Waals surface area contributed by atoms with Crippen LogP contribution in [0.5, 0.6) is 0 Å². The lowest BCUT2D eigenvalue weighted by Crippen LogP contribution is -2.27. The number of nitrogens with zero attached hydrogens (tertiary/aromatic N) is 2. The quantitative estimate of drug-likeness (QED) is 0.628. The molecule has 0 spiro atoms. The fraction of sp³-hybridized carbons (Fsp3) is 0.133. The molecule has 0 saturated carbocycles. The van der Waals surface area contributed by atoms with Gasteiger partial charge in [0.15, 0.2) is 0 Å². The highest BCUT2D eigenvalue weighted by molar-refractivity contribution is 8.00. The summed E-state index contributed by atoms with van der Waals surface area (Å²) in [6, 6.07) is 14.0. The molecule has 2 aromatic carbocycles. The van der Waals surface area contributed by atoms with Crippen LogP contribution in [0, 0.1) is 10.1 Å². The van der Waals surface area contributed by atoms with Crippen LogP contribution in [-0.2, 0) is 4.79 Å². The molecule has 1 heterocycles. The Bertz CT molecular complexity index is 739. The van der Waals surface area contributed by atoms with Gasteiger partial charge in [0.05, 0.1) is 16.4 Å². The Morgan fingerprint density at radius 1 is 1.23 bits per heavy atom. The van der Waals surface area contributed by atoms with Crippen molar-refractivity contribution in [3.8, 4) is 0 Å². The third kappa shape index (κ3) is 2.67. The number of thioether (sulfide) groups is 1. The molecule has 1 aliphatic rings. The van der Waals surface area contributed by atoms with E-state index in [1.807, 2.05) is 30.3 Å². The fourth-order valence-electron chi connectivity index (χ4n) is 2.36. The molecule has 2 aromatic rings. The molecule has 5 nitrogen and oxygen atoms in total. The van der Waals surface area contributed by atoms with Gasteiger partial charge in [-0.15, -0.1) is 11.8 Å². The normalized spacial score (nSPS) is 17.8. The van der Waals surface area contributed by atoms with Crippen molar-refractivity contribution in [2.75, 3.05) is 10.7 Å². The minimum absolute atomic E-state index is 0.0595. The molecule has 22 heavy (non-hydrogen) atoms. The van der Waals surface area contributed by atoms with Crippen LogP contribution in [0.2, 0.25) is 5.02 Å². The third-order valence-corrected chi connectivity index (χ3v) is 4.89. The molecular formula is C15H11ClN2O3S. The van der Waals surface area contributed by atoms with E-state index >= 15 is 0 Å². The molecule has 0 aromatic heterocycles. The highest BCUT2D eigenvalue weighted by Crippen LogP contribution is 2.43. The van der Waals surface area contributed by atoms with Crippen molar-refractivity contribution in [2.24, 2.45) is 0 Å². The predicted molar refractivity (Wildman–Crippen MR) is 87.2 cm³/mol. The summed E-state index contributed by atoms with van der Waals surface area (Å²) in [7, 11) is 0. The van der Waals surface area contributed by atoms with Crippen LogP contribution in [0.4, 0.5) is 11.4 Å². The molecule has 0 unspecified atom stereocenters. The lowest BCUT2D eigenvalue weighted by atomic mass is 10.2. The van der Waals surface area contributed by atoms with Crippen LogP contribution in [0.3, 0.4) is 0 Å². The first-order valence-electron chi connectivity index (χ1n) is 6.50. The van der Waals surface area contributed by atoms with Gasteiger partial charge in [0, 0.05) is 6.07 Å². The van der Waals surface area contributed by atoms with Crippen molar-refractivity contribution < 1.29 is 9.72 Å². The Balaban J connectivity index is 2.03. The van der Waals surface area contributed by atoms with Gasteiger partial charge in [-0.3, -0.25) is 19.8 Å². The van der Waals surface area contributed by atoms with E-state index in [2.05, 4.69) is 0 Å². The Kier molecular flexibility index (Phi) is 4.04. The van der Waals surface area contributed by atoms with Crippen molar-refractivity contribution in [1.82, 2.24) is 0 Å². The zero-order valence-corrected chi connectivity index (χ0v) is 12.9. The van der Waals surface area contributed by atoms with Gasteiger partial charge in [-0.25, -0.2) is 0 Å². The maximum Gasteiger partial charge on any atom is 0.289 e. The predicted octanol–water partition coefficient (Wildman–Crippen LogP) is 4.03. The molecule has 0 aliphatic carbocycles. The molecule has 0 radical (unpaired) electrons. The summed E-state index contributed by atoms with van der Waals surface area (Å²) < 4.78 is 0. The smallest absolute Gasteiger partial charge is 0.289 e. The van der Waals surface area contributed by atoms with Gasteiger partial charge >= 0.3 is 0 Å². The molecule has 0 N–H and O–H groups in total. The number of hydrogen-bond acceptors (Lipinski definition) is 4. The van der Waals surface area contributed by atoms with Gasteiger partial charge in [0.1, 0.15) is 10.4 Å². The minimum atomic E-state index is -0.545. The van der Waals surface area contributed by atoms with E-state index in [1.54, 1.807) is 11.0 Å². The number of carbonyl (C=O) groups is 1. The van der Waals surface area contributed by atoms with E-state index in [1.165, 1.54) is 23.9 Å². The van der Waals surface area contributed by atoms with E-state index in [0.29, 0.717) is 11.4 Å². The van der Waals surface area contributed by atoms with Gasteiger partial charge in [-0.2, -0.15) is 0 Å². The molecule has 7 heteroatoms. The molecule has 3 rings (SSSR count). The van der Waals surface area contributed by atoms with Crippen molar-refractivity contribution >= 4 is 40.6 Å². The summed E-state index contributed by atoms with van der Waals surface area (Å²) in [6.45, 7) is 0. The second kappa shape index (κ2) is 5.98. The number of anilines is 1. The molecule has 0 bridgehead atoms. The summed E-state index contributed by atoms with van der Waals surface area (Å²) >= 11 is 7.34. The first-order chi connectivity index (χ1) is 10.6. The van der Waals surface area contributed by atoms with Crippen LogP contribution in [0.25, 0.3) is 0 Å². The van der Waals surface area contributed by atoms with Gasteiger partial charge in [0.25, 0.3) is 5.69 Å². The average molecular weight is 335 g/mol.